The average molecular weight is 286 g/mol. The van der Waals surface area contributed by atoms with Crippen molar-refractivity contribution < 1.29 is 19.4 Å². The van der Waals surface area contributed by atoms with Crippen LogP contribution >= 0.6 is 11.6 Å². The Balaban J connectivity index is 2.10. The molecule has 1 aliphatic heterocycles. The third kappa shape index (κ3) is 3.11. The van der Waals surface area contributed by atoms with Crippen LogP contribution < -0.4 is 14.8 Å². The minimum Gasteiger partial charge on any atom is -0.454 e. The highest BCUT2D eigenvalue weighted by Gasteiger charge is 2.22. The van der Waals surface area contributed by atoms with Gasteiger partial charge in [0.15, 0.2) is 11.5 Å². The summed E-state index contributed by atoms with van der Waals surface area (Å²) in [6.45, 7) is 4.20. The van der Waals surface area contributed by atoms with Crippen molar-refractivity contribution in [2.75, 3.05) is 19.9 Å². The third-order valence-electron chi connectivity index (χ3n) is 2.84. The van der Waals surface area contributed by atoms with Crippen molar-refractivity contribution in [1.29, 1.82) is 0 Å². The minimum absolute atomic E-state index is 0.00479. The molecule has 0 spiro atoms. The summed E-state index contributed by atoms with van der Waals surface area (Å²) in [6.07, 6.45) is 0. The maximum absolute atomic E-state index is 12.0. The molecule has 0 aromatic heterocycles. The molecule has 0 aliphatic carbocycles. The molecule has 1 heterocycles. The van der Waals surface area contributed by atoms with Crippen LogP contribution in [0.25, 0.3) is 0 Å². The molecule has 0 atom stereocenters. The first-order valence-corrected chi connectivity index (χ1v) is 6.29. The molecule has 0 fully saturated rings. The van der Waals surface area contributed by atoms with Crippen molar-refractivity contribution in [3.8, 4) is 11.5 Å². The van der Waals surface area contributed by atoms with E-state index < -0.39 is 0 Å². The fourth-order valence-electron chi connectivity index (χ4n) is 1.58. The van der Waals surface area contributed by atoms with Gasteiger partial charge >= 0.3 is 0 Å². The summed E-state index contributed by atoms with van der Waals surface area (Å²) in [5.74, 6) is 0.676. The molecular formula is C13H16ClNO4. The number of benzene rings is 1. The molecule has 0 radical (unpaired) electrons. The highest BCUT2D eigenvalue weighted by molar-refractivity contribution is 6.32. The lowest BCUT2D eigenvalue weighted by atomic mass is 9.95. The number of amides is 1. The van der Waals surface area contributed by atoms with Crippen molar-refractivity contribution in [1.82, 2.24) is 5.32 Å². The molecule has 19 heavy (non-hydrogen) atoms. The van der Waals surface area contributed by atoms with E-state index in [1.807, 2.05) is 13.8 Å². The van der Waals surface area contributed by atoms with Crippen LogP contribution in [0.1, 0.15) is 24.2 Å². The van der Waals surface area contributed by atoms with Crippen LogP contribution in [0.4, 0.5) is 0 Å². The number of ether oxygens (including phenoxy) is 2. The number of hydrogen-bond donors (Lipinski definition) is 2. The number of carbonyl (C=O) groups is 1. The predicted molar refractivity (Wildman–Crippen MR) is 70.8 cm³/mol. The Labute approximate surface area is 116 Å². The van der Waals surface area contributed by atoms with Gasteiger partial charge in [-0.05, 0) is 12.1 Å². The van der Waals surface area contributed by atoms with Gasteiger partial charge in [0.1, 0.15) is 0 Å². The predicted octanol–water partition coefficient (Wildman–Crippen LogP) is 1.82. The normalized spacial score (nSPS) is 13.5. The Kier molecular flexibility index (Phi) is 3.87. The Bertz CT molecular complexity index is 502. The van der Waals surface area contributed by atoms with Gasteiger partial charge in [0.2, 0.25) is 6.79 Å². The summed E-state index contributed by atoms with van der Waals surface area (Å²) in [5.41, 5.74) is 0.0403. The van der Waals surface area contributed by atoms with E-state index in [-0.39, 0.29) is 24.7 Å². The number of fused-ring (bicyclic) bond motifs is 1. The molecule has 0 saturated heterocycles. The average Bonchev–Trinajstić information content (AvgIpc) is 2.85. The quantitative estimate of drug-likeness (QED) is 0.885. The van der Waals surface area contributed by atoms with E-state index in [2.05, 4.69) is 5.32 Å². The maximum Gasteiger partial charge on any atom is 0.251 e. The van der Waals surface area contributed by atoms with E-state index in [0.29, 0.717) is 28.6 Å². The first kappa shape index (κ1) is 14.0. The van der Waals surface area contributed by atoms with E-state index in [4.69, 9.17) is 26.2 Å². The van der Waals surface area contributed by atoms with Gasteiger partial charge in [-0.25, -0.2) is 0 Å². The monoisotopic (exact) mass is 285 g/mol. The summed E-state index contributed by atoms with van der Waals surface area (Å²) in [4.78, 5) is 12.0. The number of halogens is 1. The van der Waals surface area contributed by atoms with Gasteiger partial charge in [-0.2, -0.15) is 0 Å². The first-order chi connectivity index (χ1) is 8.93. The zero-order valence-electron chi connectivity index (χ0n) is 10.8. The van der Waals surface area contributed by atoms with Crippen molar-refractivity contribution in [3.63, 3.8) is 0 Å². The van der Waals surface area contributed by atoms with Gasteiger partial charge < -0.3 is 19.9 Å². The lowest BCUT2D eigenvalue weighted by Crippen LogP contribution is -2.36. The van der Waals surface area contributed by atoms with Crippen LogP contribution in [-0.4, -0.2) is 31.0 Å². The molecule has 104 valence electrons. The van der Waals surface area contributed by atoms with Crippen LogP contribution in [0.5, 0.6) is 11.5 Å². The number of carbonyl (C=O) groups excluding carboxylic acids is 1. The summed E-state index contributed by atoms with van der Waals surface area (Å²) in [6, 6.07) is 3.13. The van der Waals surface area contributed by atoms with Gasteiger partial charge in [-0.1, -0.05) is 25.4 Å². The van der Waals surface area contributed by atoms with Crippen molar-refractivity contribution in [2.24, 2.45) is 5.41 Å². The van der Waals surface area contributed by atoms with Gasteiger partial charge in [0.05, 0.1) is 5.02 Å². The second kappa shape index (κ2) is 5.27. The summed E-state index contributed by atoms with van der Waals surface area (Å²) < 4.78 is 10.4. The van der Waals surface area contributed by atoms with Gasteiger partial charge in [-0.15, -0.1) is 0 Å². The molecule has 2 rings (SSSR count). The lowest BCUT2D eigenvalue weighted by molar-refractivity contribution is 0.0910. The van der Waals surface area contributed by atoms with Gasteiger partial charge in [0.25, 0.3) is 5.91 Å². The van der Waals surface area contributed by atoms with E-state index in [0.717, 1.165) is 0 Å². The maximum atomic E-state index is 12.0. The molecule has 1 aliphatic rings. The third-order valence-corrected chi connectivity index (χ3v) is 3.13. The number of nitrogens with one attached hydrogen (secondary N) is 1. The Morgan fingerprint density at radius 1 is 1.47 bits per heavy atom. The van der Waals surface area contributed by atoms with Crippen molar-refractivity contribution >= 4 is 17.5 Å². The topological polar surface area (TPSA) is 67.8 Å². The lowest BCUT2D eigenvalue weighted by Gasteiger charge is -2.21. The minimum atomic E-state index is -0.365. The molecule has 0 bridgehead atoms. The molecule has 5 nitrogen and oxygen atoms in total. The largest absolute Gasteiger partial charge is 0.454 e. The summed E-state index contributed by atoms with van der Waals surface area (Å²) >= 11 is 6.01. The van der Waals surface area contributed by atoms with E-state index in [1.54, 1.807) is 6.07 Å². The second-order valence-corrected chi connectivity index (χ2v) is 5.60. The molecule has 1 aromatic rings. The molecular weight excluding hydrogens is 270 g/mol. The molecule has 2 N–H and O–H groups in total. The Hall–Kier alpha value is -1.46. The SMILES string of the molecule is CC(C)(CO)CNC(=O)c1cc(Cl)c2c(c1)OCO2. The van der Waals surface area contributed by atoms with Gasteiger partial charge in [0, 0.05) is 24.1 Å². The van der Waals surface area contributed by atoms with Crippen LogP contribution in [-0.2, 0) is 0 Å². The number of aliphatic hydroxyl groups excluding tert-OH is 1. The Morgan fingerprint density at radius 3 is 2.89 bits per heavy atom. The van der Waals surface area contributed by atoms with Crippen LogP contribution in [0.15, 0.2) is 12.1 Å². The Morgan fingerprint density at radius 2 is 2.21 bits per heavy atom. The van der Waals surface area contributed by atoms with E-state index in [9.17, 15) is 4.79 Å². The van der Waals surface area contributed by atoms with Gasteiger partial charge in [-0.3, -0.25) is 4.79 Å². The molecule has 1 aromatic carbocycles. The fourth-order valence-corrected chi connectivity index (χ4v) is 1.84. The van der Waals surface area contributed by atoms with Crippen LogP contribution in [0, 0.1) is 5.41 Å². The first-order valence-electron chi connectivity index (χ1n) is 5.91. The fraction of sp³-hybridized carbons (Fsp3) is 0.462. The van der Waals surface area contributed by atoms with E-state index in [1.165, 1.54) is 6.07 Å². The second-order valence-electron chi connectivity index (χ2n) is 5.20. The molecule has 1 amide bonds. The molecule has 0 unspecified atom stereocenters. The summed E-state index contributed by atoms with van der Waals surface area (Å²) in [7, 11) is 0. The number of aliphatic hydroxyl groups is 1. The zero-order valence-corrected chi connectivity index (χ0v) is 11.6. The number of hydrogen-bond acceptors (Lipinski definition) is 4. The molecule has 0 saturated carbocycles. The zero-order chi connectivity index (χ0) is 14.0. The highest BCUT2D eigenvalue weighted by atomic mass is 35.5. The molecule has 6 heteroatoms. The van der Waals surface area contributed by atoms with E-state index >= 15 is 0 Å². The van der Waals surface area contributed by atoms with Crippen LogP contribution in [0.3, 0.4) is 0 Å². The number of rotatable bonds is 4. The smallest absolute Gasteiger partial charge is 0.251 e. The highest BCUT2D eigenvalue weighted by Crippen LogP contribution is 2.39. The van der Waals surface area contributed by atoms with Crippen LogP contribution in [0.2, 0.25) is 5.02 Å². The van der Waals surface area contributed by atoms with Crippen molar-refractivity contribution in [3.05, 3.63) is 22.7 Å². The standard InChI is InChI=1S/C13H16ClNO4/c1-13(2,6-16)5-15-12(17)8-3-9(14)11-10(4-8)18-7-19-11/h3-4,16H,5-7H2,1-2H3,(H,15,17). The summed E-state index contributed by atoms with van der Waals surface area (Å²) in [5, 5.41) is 12.2. The van der Waals surface area contributed by atoms with Crippen molar-refractivity contribution in [2.45, 2.75) is 13.8 Å².